The Labute approximate surface area is 171 Å². The van der Waals surface area contributed by atoms with E-state index in [9.17, 15) is 9.59 Å². The van der Waals surface area contributed by atoms with Crippen LogP contribution in [0.15, 0.2) is 75.0 Å². The van der Waals surface area contributed by atoms with E-state index in [0.717, 1.165) is 11.3 Å². The number of nitrogens with zero attached hydrogens (tertiary/aromatic N) is 1. The summed E-state index contributed by atoms with van der Waals surface area (Å²) in [6, 6.07) is 17.7. The maximum Gasteiger partial charge on any atom is 0.335 e. The normalized spacial score (nSPS) is 16.4. The molecule has 1 aromatic heterocycles. The summed E-state index contributed by atoms with van der Waals surface area (Å²) in [6.45, 7) is 2.00. The third-order valence-corrected chi connectivity index (χ3v) is 5.12. The number of rotatable bonds is 4. The first-order valence-corrected chi connectivity index (χ1v) is 9.59. The van der Waals surface area contributed by atoms with E-state index in [1.807, 2.05) is 31.2 Å². The molecule has 3 aromatic rings. The molecule has 2 heterocycles. The summed E-state index contributed by atoms with van der Waals surface area (Å²) < 4.78 is 5.78. The van der Waals surface area contributed by atoms with Crippen molar-refractivity contribution in [1.29, 1.82) is 0 Å². The Morgan fingerprint density at radius 2 is 1.93 bits per heavy atom. The molecular weight excluding hydrogens is 388 g/mol. The van der Waals surface area contributed by atoms with Gasteiger partial charge in [0.25, 0.3) is 5.91 Å². The van der Waals surface area contributed by atoms with Gasteiger partial charge < -0.3 is 14.8 Å². The Morgan fingerprint density at radius 1 is 1.14 bits per heavy atom. The monoisotopic (exact) mass is 404 g/mol. The van der Waals surface area contributed by atoms with Crippen molar-refractivity contribution in [3.05, 3.63) is 82.5 Å². The summed E-state index contributed by atoms with van der Waals surface area (Å²) >= 11 is 1.24. The van der Waals surface area contributed by atoms with Gasteiger partial charge in [-0.05, 0) is 55.1 Å². The van der Waals surface area contributed by atoms with Crippen molar-refractivity contribution in [2.45, 2.75) is 6.92 Å². The highest BCUT2D eigenvalue weighted by atomic mass is 32.2. The first-order valence-electron chi connectivity index (χ1n) is 8.78. The quantitative estimate of drug-likeness (QED) is 0.607. The highest BCUT2D eigenvalue weighted by Gasteiger charge is 2.24. The average Bonchev–Trinajstić information content (AvgIpc) is 3.31. The van der Waals surface area contributed by atoms with E-state index < -0.39 is 5.97 Å². The van der Waals surface area contributed by atoms with Crippen LogP contribution in [-0.2, 0) is 4.79 Å². The molecule has 0 saturated carbocycles. The molecule has 29 heavy (non-hydrogen) atoms. The molecule has 1 saturated heterocycles. The number of amidine groups is 1. The van der Waals surface area contributed by atoms with E-state index in [-0.39, 0.29) is 11.5 Å². The van der Waals surface area contributed by atoms with Crippen LogP contribution < -0.4 is 5.32 Å². The van der Waals surface area contributed by atoms with Crippen LogP contribution in [0.4, 0.5) is 5.69 Å². The first kappa shape index (κ1) is 18.8. The topological polar surface area (TPSA) is 91.9 Å². The third-order valence-electron chi connectivity index (χ3n) is 4.21. The van der Waals surface area contributed by atoms with Gasteiger partial charge in [0.1, 0.15) is 11.5 Å². The molecule has 1 aliphatic heterocycles. The first-order chi connectivity index (χ1) is 14.0. The molecule has 0 bridgehead atoms. The number of amides is 1. The second-order valence-electron chi connectivity index (χ2n) is 6.41. The molecule has 0 aliphatic carbocycles. The standard InChI is InChI=1S/C22H16N2O4S/c1-13-5-7-16(8-6-13)23-22-24-20(25)19(29-22)12-17-9-10-18(28-17)14-3-2-4-15(11-14)21(26)27/h2-12H,1H3,(H,26,27)(H,23,24,25)/b19-12-. The van der Waals surface area contributed by atoms with Crippen molar-refractivity contribution < 1.29 is 19.1 Å². The highest BCUT2D eigenvalue weighted by Crippen LogP contribution is 2.30. The summed E-state index contributed by atoms with van der Waals surface area (Å²) in [6.07, 6.45) is 1.64. The maximum absolute atomic E-state index is 12.2. The molecule has 0 unspecified atom stereocenters. The number of aliphatic imine (C=N–C) groups is 1. The predicted molar refractivity (Wildman–Crippen MR) is 113 cm³/mol. The molecular formula is C22H16N2O4S. The minimum absolute atomic E-state index is 0.182. The number of aromatic carboxylic acids is 1. The average molecular weight is 404 g/mol. The number of hydrogen-bond donors (Lipinski definition) is 2. The number of carbonyl (C=O) groups is 2. The Balaban J connectivity index is 1.54. The van der Waals surface area contributed by atoms with E-state index in [2.05, 4.69) is 10.3 Å². The summed E-state index contributed by atoms with van der Waals surface area (Å²) in [5.41, 5.74) is 2.74. The second kappa shape index (κ2) is 7.81. The molecule has 0 spiro atoms. The predicted octanol–water partition coefficient (Wildman–Crippen LogP) is 4.84. The van der Waals surface area contributed by atoms with Crippen molar-refractivity contribution in [3.8, 4) is 11.3 Å². The van der Waals surface area contributed by atoms with Gasteiger partial charge in [-0.3, -0.25) is 4.79 Å². The number of carboxylic acid groups (broad SMARTS) is 1. The Morgan fingerprint density at radius 3 is 2.69 bits per heavy atom. The zero-order valence-electron chi connectivity index (χ0n) is 15.4. The number of hydrogen-bond acceptors (Lipinski definition) is 5. The number of carboxylic acids is 1. The molecule has 1 fully saturated rings. The fourth-order valence-corrected chi connectivity index (χ4v) is 3.56. The number of thioether (sulfide) groups is 1. The van der Waals surface area contributed by atoms with E-state index in [4.69, 9.17) is 9.52 Å². The van der Waals surface area contributed by atoms with Crippen LogP contribution in [-0.4, -0.2) is 22.2 Å². The Bertz CT molecular complexity index is 1160. The van der Waals surface area contributed by atoms with Crippen molar-refractivity contribution >= 4 is 40.6 Å². The van der Waals surface area contributed by atoms with Gasteiger partial charge in [0.05, 0.1) is 16.2 Å². The molecule has 1 aliphatic rings. The molecule has 0 atom stereocenters. The van der Waals surface area contributed by atoms with E-state index >= 15 is 0 Å². The van der Waals surface area contributed by atoms with Gasteiger partial charge in [0, 0.05) is 11.6 Å². The third kappa shape index (κ3) is 4.30. The molecule has 1 amide bonds. The van der Waals surface area contributed by atoms with Gasteiger partial charge in [-0.2, -0.15) is 0 Å². The zero-order chi connectivity index (χ0) is 20.4. The Kier molecular flexibility index (Phi) is 5.05. The van der Waals surface area contributed by atoms with Crippen molar-refractivity contribution in [2.24, 2.45) is 4.99 Å². The van der Waals surface area contributed by atoms with Crippen LogP contribution in [0.2, 0.25) is 0 Å². The number of nitrogens with one attached hydrogen (secondary N) is 1. The fraction of sp³-hybridized carbons (Fsp3) is 0.0455. The van der Waals surface area contributed by atoms with Crippen LogP contribution in [0.5, 0.6) is 0 Å². The molecule has 144 valence electrons. The zero-order valence-corrected chi connectivity index (χ0v) is 16.2. The van der Waals surface area contributed by atoms with Gasteiger partial charge in [-0.15, -0.1) is 0 Å². The van der Waals surface area contributed by atoms with E-state index in [0.29, 0.717) is 27.2 Å². The fourth-order valence-electron chi connectivity index (χ4n) is 2.74. The minimum Gasteiger partial charge on any atom is -0.478 e. The van der Waals surface area contributed by atoms with Crippen LogP contribution in [0, 0.1) is 6.92 Å². The summed E-state index contributed by atoms with van der Waals surface area (Å²) in [5.74, 6) is -0.223. The maximum atomic E-state index is 12.2. The van der Waals surface area contributed by atoms with Crippen molar-refractivity contribution in [2.75, 3.05) is 0 Å². The second-order valence-corrected chi connectivity index (χ2v) is 7.44. The van der Waals surface area contributed by atoms with Crippen molar-refractivity contribution in [3.63, 3.8) is 0 Å². The van der Waals surface area contributed by atoms with Crippen molar-refractivity contribution in [1.82, 2.24) is 5.32 Å². The van der Waals surface area contributed by atoms with Gasteiger partial charge in [-0.1, -0.05) is 29.8 Å². The number of furan rings is 1. The van der Waals surface area contributed by atoms with Crippen LogP contribution in [0.3, 0.4) is 0 Å². The van der Waals surface area contributed by atoms with Gasteiger partial charge in [0.15, 0.2) is 5.17 Å². The lowest BCUT2D eigenvalue weighted by Gasteiger charge is -1.99. The van der Waals surface area contributed by atoms with Crippen LogP contribution >= 0.6 is 11.8 Å². The lowest BCUT2D eigenvalue weighted by molar-refractivity contribution is -0.115. The van der Waals surface area contributed by atoms with Gasteiger partial charge >= 0.3 is 5.97 Å². The lowest BCUT2D eigenvalue weighted by Crippen LogP contribution is -2.19. The lowest BCUT2D eigenvalue weighted by atomic mass is 10.1. The molecule has 2 N–H and O–H groups in total. The Hall–Kier alpha value is -3.58. The summed E-state index contributed by atoms with van der Waals surface area (Å²) in [4.78, 5) is 28.3. The van der Waals surface area contributed by atoms with Gasteiger partial charge in [-0.25, -0.2) is 9.79 Å². The molecule has 0 radical (unpaired) electrons. The number of aryl methyl sites for hydroxylation is 1. The van der Waals surface area contributed by atoms with Crippen LogP contribution in [0.1, 0.15) is 21.7 Å². The van der Waals surface area contributed by atoms with E-state index in [1.165, 1.54) is 17.8 Å². The molecule has 4 rings (SSSR count). The molecule has 6 nitrogen and oxygen atoms in total. The van der Waals surface area contributed by atoms with Gasteiger partial charge in [0.2, 0.25) is 0 Å². The number of benzene rings is 2. The minimum atomic E-state index is -1.000. The number of carbonyl (C=O) groups excluding carboxylic acids is 1. The van der Waals surface area contributed by atoms with E-state index in [1.54, 1.807) is 36.4 Å². The SMILES string of the molecule is Cc1ccc(N=C2NC(=O)/C(=C/c3ccc(-c4cccc(C(=O)O)c4)o3)S2)cc1. The highest BCUT2D eigenvalue weighted by molar-refractivity contribution is 8.18. The molecule has 7 heteroatoms. The van der Waals surface area contributed by atoms with Crippen LogP contribution in [0.25, 0.3) is 17.4 Å². The largest absolute Gasteiger partial charge is 0.478 e. The summed E-state index contributed by atoms with van der Waals surface area (Å²) in [5, 5.41) is 12.4. The molecule has 2 aromatic carbocycles. The smallest absolute Gasteiger partial charge is 0.335 e. The summed E-state index contributed by atoms with van der Waals surface area (Å²) in [7, 11) is 0.